The summed E-state index contributed by atoms with van der Waals surface area (Å²) in [7, 11) is 1.71. The molecule has 1 heterocycles. The van der Waals surface area contributed by atoms with Crippen molar-refractivity contribution < 1.29 is 14.6 Å². The smallest absolute Gasteiger partial charge is 0.321 e. The maximum Gasteiger partial charge on any atom is 0.321 e. The van der Waals surface area contributed by atoms with E-state index in [-0.39, 0.29) is 18.1 Å². The van der Waals surface area contributed by atoms with E-state index in [0.29, 0.717) is 31.0 Å². The summed E-state index contributed by atoms with van der Waals surface area (Å²) in [5, 5.41) is 21.2. The van der Waals surface area contributed by atoms with E-state index in [1.54, 1.807) is 36.2 Å². The predicted molar refractivity (Wildman–Crippen MR) is 82.4 cm³/mol. The molecule has 118 valence electrons. The number of aliphatic hydroxyl groups is 1. The third-order valence-corrected chi connectivity index (χ3v) is 4.07. The van der Waals surface area contributed by atoms with Crippen LogP contribution in [0.1, 0.15) is 18.4 Å². The van der Waals surface area contributed by atoms with Crippen molar-refractivity contribution in [2.45, 2.75) is 12.8 Å². The number of ether oxygens (including phenoxy) is 1. The largest absolute Gasteiger partial charge is 0.396 e. The van der Waals surface area contributed by atoms with E-state index in [1.165, 1.54) is 0 Å². The molecule has 0 unspecified atom stereocenters. The molecule has 1 aliphatic heterocycles. The lowest BCUT2D eigenvalue weighted by atomic mass is 9.80. The minimum atomic E-state index is -0.283. The first-order valence-corrected chi connectivity index (χ1v) is 7.29. The first kappa shape index (κ1) is 16.3. The summed E-state index contributed by atoms with van der Waals surface area (Å²) in [6, 6.07) is 8.50. The molecule has 22 heavy (non-hydrogen) atoms. The molecule has 1 fully saturated rings. The molecule has 0 bridgehead atoms. The standard InChI is InChI=1S/C16H21N3O3/c1-19(11-16(12-20)6-8-22-9-7-16)15(21)18-14-4-2-13(10-17)3-5-14/h2-5,20H,6-9,11-12H2,1H3,(H,18,21). The molecular formula is C16H21N3O3. The van der Waals surface area contributed by atoms with Gasteiger partial charge >= 0.3 is 6.03 Å². The number of aliphatic hydroxyl groups excluding tert-OH is 1. The topological polar surface area (TPSA) is 85.6 Å². The molecule has 0 saturated carbocycles. The van der Waals surface area contributed by atoms with Crippen LogP contribution >= 0.6 is 0 Å². The monoisotopic (exact) mass is 303 g/mol. The fraction of sp³-hybridized carbons (Fsp3) is 0.500. The van der Waals surface area contributed by atoms with E-state index >= 15 is 0 Å². The van der Waals surface area contributed by atoms with Crippen LogP contribution in [0.2, 0.25) is 0 Å². The first-order valence-electron chi connectivity index (χ1n) is 7.29. The Bertz CT molecular complexity index is 545. The average molecular weight is 303 g/mol. The summed E-state index contributed by atoms with van der Waals surface area (Å²) in [6.45, 7) is 1.76. The molecule has 0 radical (unpaired) electrons. The van der Waals surface area contributed by atoms with Gasteiger partial charge in [-0.15, -0.1) is 0 Å². The van der Waals surface area contributed by atoms with E-state index in [1.807, 2.05) is 6.07 Å². The van der Waals surface area contributed by atoms with Crippen LogP contribution in [-0.2, 0) is 4.74 Å². The van der Waals surface area contributed by atoms with Gasteiger partial charge in [0.25, 0.3) is 0 Å². The zero-order valence-corrected chi connectivity index (χ0v) is 12.7. The van der Waals surface area contributed by atoms with Crippen LogP contribution in [0.5, 0.6) is 0 Å². The molecular weight excluding hydrogens is 282 g/mol. The van der Waals surface area contributed by atoms with Crippen molar-refractivity contribution in [3.63, 3.8) is 0 Å². The van der Waals surface area contributed by atoms with Crippen molar-refractivity contribution >= 4 is 11.7 Å². The summed E-state index contributed by atoms with van der Waals surface area (Å²) in [4.78, 5) is 13.8. The summed E-state index contributed by atoms with van der Waals surface area (Å²) in [5.74, 6) is 0. The van der Waals surface area contributed by atoms with Gasteiger partial charge in [-0.2, -0.15) is 5.26 Å². The minimum absolute atomic E-state index is 0.0465. The average Bonchev–Trinajstić information content (AvgIpc) is 2.56. The number of rotatable bonds is 4. The van der Waals surface area contributed by atoms with Crippen molar-refractivity contribution in [3.8, 4) is 6.07 Å². The van der Waals surface area contributed by atoms with Crippen LogP contribution < -0.4 is 5.32 Å². The number of benzene rings is 1. The fourth-order valence-corrected chi connectivity index (χ4v) is 2.59. The van der Waals surface area contributed by atoms with Crippen molar-refractivity contribution in [1.82, 2.24) is 4.90 Å². The molecule has 2 rings (SSSR count). The van der Waals surface area contributed by atoms with E-state index in [4.69, 9.17) is 10.00 Å². The number of nitrogens with one attached hydrogen (secondary N) is 1. The quantitative estimate of drug-likeness (QED) is 0.888. The number of amides is 2. The zero-order valence-electron chi connectivity index (χ0n) is 12.7. The Morgan fingerprint density at radius 2 is 2.05 bits per heavy atom. The van der Waals surface area contributed by atoms with Crippen LogP contribution in [-0.4, -0.2) is 49.5 Å². The van der Waals surface area contributed by atoms with E-state index in [9.17, 15) is 9.90 Å². The lowest BCUT2D eigenvalue weighted by molar-refractivity contribution is -0.0255. The molecule has 1 saturated heterocycles. The maximum atomic E-state index is 12.2. The highest BCUT2D eigenvalue weighted by Gasteiger charge is 2.34. The molecule has 1 aromatic carbocycles. The Hall–Kier alpha value is -2.10. The van der Waals surface area contributed by atoms with Crippen LogP contribution in [0.15, 0.2) is 24.3 Å². The van der Waals surface area contributed by atoms with Crippen LogP contribution in [0, 0.1) is 16.7 Å². The molecule has 2 amide bonds. The van der Waals surface area contributed by atoms with Crippen molar-refractivity contribution in [3.05, 3.63) is 29.8 Å². The van der Waals surface area contributed by atoms with Gasteiger partial charge in [-0.3, -0.25) is 0 Å². The van der Waals surface area contributed by atoms with Crippen molar-refractivity contribution in [2.75, 3.05) is 38.7 Å². The Kier molecular flexibility index (Phi) is 5.36. The third kappa shape index (κ3) is 3.97. The number of anilines is 1. The molecule has 1 aromatic rings. The molecule has 0 aliphatic carbocycles. The Labute approximate surface area is 130 Å². The highest BCUT2D eigenvalue weighted by Crippen LogP contribution is 2.30. The highest BCUT2D eigenvalue weighted by molar-refractivity contribution is 5.89. The third-order valence-electron chi connectivity index (χ3n) is 4.07. The van der Waals surface area contributed by atoms with Gasteiger partial charge in [0.05, 0.1) is 18.2 Å². The number of urea groups is 1. The van der Waals surface area contributed by atoms with Crippen molar-refractivity contribution in [1.29, 1.82) is 5.26 Å². The summed E-state index contributed by atoms with van der Waals surface area (Å²) >= 11 is 0. The molecule has 6 heteroatoms. The summed E-state index contributed by atoms with van der Waals surface area (Å²) in [5.41, 5.74) is 0.906. The van der Waals surface area contributed by atoms with Crippen LogP contribution in [0.25, 0.3) is 0 Å². The zero-order chi connectivity index (χ0) is 16.0. The van der Waals surface area contributed by atoms with Gasteiger partial charge in [0.2, 0.25) is 0 Å². The van der Waals surface area contributed by atoms with Crippen molar-refractivity contribution in [2.24, 2.45) is 5.41 Å². The Balaban J connectivity index is 1.94. The highest BCUT2D eigenvalue weighted by atomic mass is 16.5. The van der Waals surface area contributed by atoms with Crippen LogP contribution in [0.3, 0.4) is 0 Å². The van der Waals surface area contributed by atoms with E-state index in [0.717, 1.165) is 12.8 Å². The number of nitriles is 1. The number of hydrogen-bond acceptors (Lipinski definition) is 4. The van der Waals surface area contributed by atoms with Gasteiger partial charge in [-0.1, -0.05) is 0 Å². The second-order valence-electron chi connectivity index (χ2n) is 5.75. The second kappa shape index (κ2) is 7.25. The molecule has 1 aliphatic rings. The summed E-state index contributed by atoms with van der Waals surface area (Å²) in [6.07, 6.45) is 1.50. The van der Waals surface area contributed by atoms with Gasteiger partial charge in [-0.05, 0) is 37.1 Å². The second-order valence-corrected chi connectivity index (χ2v) is 5.75. The lowest BCUT2D eigenvalue weighted by Crippen LogP contribution is -2.45. The number of hydrogen-bond donors (Lipinski definition) is 2. The SMILES string of the molecule is CN(CC1(CO)CCOCC1)C(=O)Nc1ccc(C#N)cc1. The van der Waals surface area contributed by atoms with Gasteiger partial charge in [-0.25, -0.2) is 4.79 Å². The number of carbonyl (C=O) groups excluding carboxylic acids is 1. The Morgan fingerprint density at radius 3 is 2.59 bits per heavy atom. The molecule has 0 atom stereocenters. The Morgan fingerprint density at radius 1 is 1.41 bits per heavy atom. The van der Waals surface area contributed by atoms with Gasteiger partial charge in [0.15, 0.2) is 0 Å². The van der Waals surface area contributed by atoms with E-state index < -0.39 is 0 Å². The first-order chi connectivity index (χ1) is 10.6. The minimum Gasteiger partial charge on any atom is -0.396 e. The van der Waals surface area contributed by atoms with Crippen LogP contribution in [0.4, 0.5) is 10.5 Å². The lowest BCUT2D eigenvalue weighted by Gasteiger charge is -2.38. The van der Waals surface area contributed by atoms with E-state index in [2.05, 4.69) is 5.32 Å². The summed E-state index contributed by atoms with van der Waals surface area (Å²) < 4.78 is 5.33. The normalized spacial score (nSPS) is 16.6. The maximum absolute atomic E-state index is 12.2. The van der Waals surface area contributed by atoms with Gasteiger partial charge in [0.1, 0.15) is 0 Å². The molecule has 6 nitrogen and oxygen atoms in total. The fourth-order valence-electron chi connectivity index (χ4n) is 2.59. The number of carbonyl (C=O) groups is 1. The molecule has 2 N–H and O–H groups in total. The molecule has 0 aromatic heterocycles. The van der Waals surface area contributed by atoms with Gasteiger partial charge in [0, 0.05) is 37.9 Å². The van der Waals surface area contributed by atoms with Gasteiger partial charge < -0.3 is 20.1 Å². The molecule has 0 spiro atoms. The number of nitrogens with zero attached hydrogens (tertiary/aromatic N) is 2. The predicted octanol–water partition coefficient (Wildman–Crippen LogP) is 1.81.